The second kappa shape index (κ2) is 4.47. The molecule has 1 aromatic carbocycles. The average Bonchev–Trinajstić information content (AvgIpc) is 1.89. The Kier molecular flexibility index (Phi) is 4.32. The van der Waals surface area contributed by atoms with Gasteiger partial charge in [0.2, 0.25) is 0 Å². The third kappa shape index (κ3) is 2.12. The van der Waals surface area contributed by atoms with Gasteiger partial charge in [0.25, 0.3) is 0 Å². The summed E-state index contributed by atoms with van der Waals surface area (Å²) in [5.74, 6) is 0.820. The Hall–Kier alpha value is -0.340. The normalized spacial score (nSPS) is 8.20. The lowest BCUT2D eigenvalue weighted by Gasteiger charge is -1.99. The van der Waals surface area contributed by atoms with Gasteiger partial charge in [-0.15, -0.1) is 25.0 Å². The van der Waals surface area contributed by atoms with Crippen LogP contribution in [0.4, 0.5) is 0 Å². The monoisotopic (exact) mass is 176 g/mol. The van der Waals surface area contributed by atoms with E-state index in [0.29, 0.717) is 0 Å². The summed E-state index contributed by atoms with van der Waals surface area (Å²) in [5, 5.41) is 0. The topological polar surface area (TPSA) is 9.23 Å². The SMILES string of the molecule is COc1ccccc1S.Cl. The van der Waals surface area contributed by atoms with Gasteiger partial charge in [-0.25, -0.2) is 0 Å². The molecule has 0 fully saturated rings. The molecule has 3 heteroatoms. The Morgan fingerprint density at radius 1 is 1.30 bits per heavy atom. The zero-order chi connectivity index (χ0) is 6.69. The predicted molar refractivity (Wildman–Crippen MR) is 47.5 cm³/mol. The van der Waals surface area contributed by atoms with Crippen LogP contribution in [-0.4, -0.2) is 7.11 Å². The molecule has 0 atom stereocenters. The Morgan fingerprint density at radius 2 is 1.90 bits per heavy atom. The van der Waals surface area contributed by atoms with Crippen molar-refractivity contribution >= 4 is 25.0 Å². The van der Waals surface area contributed by atoms with Gasteiger partial charge < -0.3 is 4.74 Å². The van der Waals surface area contributed by atoms with Crippen LogP contribution in [0.5, 0.6) is 5.75 Å². The summed E-state index contributed by atoms with van der Waals surface area (Å²) in [5.41, 5.74) is 0. The van der Waals surface area contributed by atoms with Crippen LogP contribution in [-0.2, 0) is 0 Å². The van der Waals surface area contributed by atoms with Crippen LogP contribution in [0.2, 0.25) is 0 Å². The molecule has 1 nitrogen and oxygen atoms in total. The average molecular weight is 177 g/mol. The molecule has 1 aromatic rings. The fourth-order valence-electron chi connectivity index (χ4n) is 0.630. The fourth-order valence-corrected chi connectivity index (χ4v) is 0.882. The van der Waals surface area contributed by atoms with Crippen LogP contribution in [0.1, 0.15) is 0 Å². The summed E-state index contributed by atoms with van der Waals surface area (Å²) in [6.07, 6.45) is 0. The molecule has 1 rings (SSSR count). The van der Waals surface area contributed by atoms with Crippen LogP contribution in [0.15, 0.2) is 29.2 Å². The molecule has 0 radical (unpaired) electrons. The van der Waals surface area contributed by atoms with Crippen molar-refractivity contribution in [1.82, 2.24) is 0 Å². The largest absolute Gasteiger partial charge is 0.496 e. The molecule has 0 aliphatic carbocycles. The van der Waals surface area contributed by atoms with E-state index >= 15 is 0 Å². The van der Waals surface area contributed by atoms with Crippen LogP contribution in [0, 0.1) is 0 Å². The summed E-state index contributed by atoms with van der Waals surface area (Å²) in [6, 6.07) is 7.60. The van der Waals surface area contributed by atoms with Crippen molar-refractivity contribution in [3.05, 3.63) is 24.3 Å². The molecule has 56 valence electrons. The number of thiol groups is 1. The second-order valence-electron chi connectivity index (χ2n) is 1.67. The maximum atomic E-state index is 4.97. The van der Waals surface area contributed by atoms with Gasteiger partial charge in [0.05, 0.1) is 7.11 Å². The number of halogens is 1. The minimum Gasteiger partial charge on any atom is -0.496 e. The van der Waals surface area contributed by atoms with Gasteiger partial charge >= 0.3 is 0 Å². The summed E-state index contributed by atoms with van der Waals surface area (Å²) < 4.78 is 4.97. The third-order valence-corrected chi connectivity index (χ3v) is 1.45. The first-order valence-corrected chi connectivity index (χ1v) is 3.11. The minimum absolute atomic E-state index is 0. The van der Waals surface area contributed by atoms with Crippen molar-refractivity contribution in [3.8, 4) is 5.75 Å². The van der Waals surface area contributed by atoms with Crippen molar-refractivity contribution in [3.63, 3.8) is 0 Å². The lowest BCUT2D eigenvalue weighted by Crippen LogP contribution is -1.81. The Balaban J connectivity index is 0.000000810. The van der Waals surface area contributed by atoms with Gasteiger partial charge in [-0.2, -0.15) is 0 Å². The highest BCUT2D eigenvalue weighted by Crippen LogP contribution is 2.19. The predicted octanol–water partition coefficient (Wildman–Crippen LogP) is 2.41. The highest BCUT2D eigenvalue weighted by atomic mass is 35.5. The van der Waals surface area contributed by atoms with E-state index in [0.717, 1.165) is 10.6 Å². The van der Waals surface area contributed by atoms with E-state index in [1.54, 1.807) is 7.11 Å². The summed E-state index contributed by atoms with van der Waals surface area (Å²) >= 11 is 4.15. The van der Waals surface area contributed by atoms with Crippen molar-refractivity contribution in [1.29, 1.82) is 0 Å². The van der Waals surface area contributed by atoms with Crippen molar-refractivity contribution in [2.45, 2.75) is 4.90 Å². The minimum atomic E-state index is 0. The van der Waals surface area contributed by atoms with Crippen LogP contribution >= 0.6 is 25.0 Å². The Bertz CT molecular complexity index is 203. The number of rotatable bonds is 1. The quantitative estimate of drug-likeness (QED) is 0.647. The molecule has 0 N–H and O–H groups in total. The smallest absolute Gasteiger partial charge is 0.132 e. The maximum absolute atomic E-state index is 4.97. The lowest BCUT2D eigenvalue weighted by molar-refractivity contribution is 0.405. The van der Waals surface area contributed by atoms with Crippen LogP contribution in [0.3, 0.4) is 0 Å². The van der Waals surface area contributed by atoms with Gasteiger partial charge in [-0.3, -0.25) is 0 Å². The van der Waals surface area contributed by atoms with E-state index in [1.807, 2.05) is 24.3 Å². The molecule has 0 unspecified atom stereocenters. The molecule has 0 saturated carbocycles. The number of methoxy groups -OCH3 is 1. The van der Waals surface area contributed by atoms with E-state index < -0.39 is 0 Å². The molecule has 0 bridgehead atoms. The fraction of sp³-hybridized carbons (Fsp3) is 0.143. The molecule has 0 spiro atoms. The first-order chi connectivity index (χ1) is 4.34. The highest BCUT2D eigenvalue weighted by molar-refractivity contribution is 7.80. The highest BCUT2D eigenvalue weighted by Gasteiger charge is 1.91. The molecule has 0 saturated heterocycles. The Labute approximate surface area is 72.2 Å². The van der Waals surface area contributed by atoms with Gasteiger partial charge in [-0.05, 0) is 12.1 Å². The van der Waals surface area contributed by atoms with Crippen LogP contribution in [0.25, 0.3) is 0 Å². The molecule has 0 aliphatic rings. The van der Waals surface area contributed by atoms with E-state index in [9.17, 15) is 0 Å². The summed E-state index contributed by atoms with van der Waals surface area (Å²) in [4.78, 5) is 0.875. The van der Waals surface area contributed by atoms with Crippen molar-refractivity contribution < 1.29 is 4.74 Å². The van der Waals surface area contributed by atoms with Gasteiger partial charge in [-0.1, -0.05) is 12.1 Å². The molecule has 0 amide bonds. The molecular formula is C7H9ClOS. The standard InChI is InChI=1S/C7H8OS.ClH/c1-8-6-4-2-3-5-7(6)9;/h2-5,9H,1H3;1H. The van der Waals surface area contributed by atoms with Gasteiger partial charge in [0.15, 0.2) is 0 Å². The van der Waals surface area contributed by atoms with Gasteiger partial charge in [0, 0.05) is 4.90 Å². The zero-order valence-corrected chi connectivity index (χ0v) is 7.28. The Morgan fingerprint density at radius 3 is 2.30 bits per heavy atom. The summed E-state index contributed by atoms with van der Waals surface area (Å²) in [6.45, 7) is 0. The number of benzene rings is 1. The third-order valence-electron chi connectivity index (χ3n) is 1.09. The first kappa shape index (κ1) is 9.66. The lowest BCUT2D eigenvalue weighted by atomic mass is 10.3. The number of hydrogen-bond acceptors (Lipinski definition) is 2. The van der Waals surface area contributed by atoms with E-state index in [4.69, 9.17) is 4.74 Å². The molecule has 0 aromatic heterocycles. The number of ether oxygens (including phenoxy) is 1. The molecule has 10 heavy (non-hydrogen) atoms. The maximum Gasteiger partial charge on any atom is 0.132 e. The van der Waals surface area contributed by atoms with Crippen LogP contribution < -0.4 is 4.74 Å². The number of para-hydroxylation sites is 1. The van der Waals surface area contributed by atoms with E-state index in [-0.39, 0.29) is 12.4 Å². The number of hydrogen-bond donors (Lipinski definition) is 1. The molecular weight excluding hydrogens is 168 g/mol. The van der Waals surface area contributed by atoms with Crippen molar-refractivity contribution in [2.24, 2.45) is 0 Å². The first-order valence-electron chi connectivity index (χ1n) is 2.66. The zero-order valence-electron chi connectivity index (χ0n) is 5.57. The molecule has 0 aliphatic heterocycles. The summed E-state index contributed by atoms with van der Waals surface area (Å²) in [7, 11) is 1.63. The van der Waals surface area contributed by atoms with Gasteiger partial charge in [0.1, 0.15) is 5.75 Å². The molecule has 0 heterocycles. The second-order valence-corrected chi connectivity index (χ2v) is 2.15. The van der Waals surface area contributed by atoms with E-state index in [1.165, 1.54) is 0 Å². The van der Waals surface area contributed by atoms with E-state index in [2.05, 4.69) is 12.6 Å². The van der Waals surface area contributed by atoms with Crippen molar-refractivity contribution in [2.75, 3.05) is 7.11 Å².